The van der Waals surface area contributed by atoms with Gasteiger partial charge in [-0.2, -0.15) is 5.10 Å². The number of rotatable bonds is 5. The molecule has 2 aromatic rings. The molecule has 0 bridgehead atoms. The summed E-state index contributed by atoms with van der Waals surface area (Å²) in [7, 11) is 0. The normalized spacial score (nSPS) is 20.6. The van der Waals surface area contributed by atoms with E-state index in [9.17, 15) is 4.79 Å². The van der Waals surface area contributed by atoms with Crippen LogP contribution in [0, 0.1) is 12.8 Å². The lowest BCUT2D eigenvalue weighted by molar-refractivity contribution is -0.126. The van der Waals surface area contributed by atoms with Gasteiger partial charge in [-0.25, -0.2) is 4.68 Å². The molecular weight excluding hydrogens is 290 g/mol. The van der Waals surface area contributed by atoms with Crippen LogP contribution in [0.1, 0.15) is 37.1 Å². The van der Waals surface area contributed by atoms with Crippen LogP contribution in [0.25, 0.3) is 5.69 Å². The number of nitrogens with one attached hydrogen (secondary N) is 1. The van der Waals surface area contributed by atoms with Gasteiger partial charge in [0.1, 0.15) is 6.10 Å². The van der Waals surface area contributed by atoms with E-state index in [0.717, 1.165) is 29.8 Å². The van der Waals surface area contributed by atoms with Crippen LogP contribution in [0.5, 0.6) is 0 Å². The highest BCUT2D eigenvalue weighted by Crippen LogP contribution is 2.35. The van der Waals surface area contributed by atoms with Gasteiger partial charge < -0.3 is 10.1 Å². The molecule has 1 aliphatic rings. The van der Waals surface area contributed by atoms with Crippen molar-refractivity contribution in [1.29, 1.82) is 0 Å². The van der Waals surface area contributed by atoms with Gasteiger partial charge >= 0.3 is 0 Å². The van der Waals surface area contributed by atoms with E-state index in [-0.39, 0.29) is 17.9 Å². The summed E-state index contributed by atoms with van der Waals surface area (Å²) in [6.45, 7) is 5.42. The van der Waals surface area contributed by atoms with Crippen LogP contribution in [0.15, 0.2) is 36.5 Å². The molecular formula is C18H23N3O2. The van der Waals surface area contributed by atoms with Crippen molar-refractivity contribution in [3.05, 3.63) is 47.8 Å². The third-order valence-electron chi connectivity index (χ3n) is 4.28. The highest BCUT2D eigenvalue weighted by atomic mass is 16.5. The van der Waals surface area contributed by atoms with Gasteiger partial charge in [0.15, 0.2) is 0 Å². The van der Waals surface area contributed by atoms with Crippen LogP contribution >= 0.6 is 0 Å². The molecule has 3 rings (SSSR count). The molecule has 23 heavy (non-hydrogen) atoms. The predicted octanol–water partition coefficient (Wildman–Crippen LogP) is 2.78. The van der Waals surface area contributed by atoms with E-state index < -0.39 is 0 Å². The smallest absolute Gasteiger partial charge is 0.226 e. The number of amides is 1. The van der Waals surface area contributed by atoms with E-state index in [1.54, 1.807) is 6.20 Å². The third kappa shape index (κ3) is 3.15. The van der Waals surface area contributed by atoms with Crippen molar-refractivity contribution in [2.45, 2.75) is 32.8 Å². The second-order valence-corrected chi connectivity index (χ2v) is 5.93. The summed E-state index contributed by atoms with van der Waals surface area (Å²) >= 11 is 0. The minimum atomic E-state index is -0.242. The van der Waals surface area contributed by atoms with Gasteiger partial charge in [-0.3, -0.25) is 4.79 Å². The molecule has 1 aromatic carbocycles. The summed E-state index contributed by atoms with van der Waals surface area (Å²) in [6, 6.07) is 10.0. The first-order valence-electron chi connectivity index (χ1n) is 8.21. The lowest BCUT2D eigenvalue weighted by atomic mass is 9.97. The second-order valence-electron chi connectivity index (χ2n) is 5.93. The monoisotopic (exact) mass is 313 g/mol. The number of hydrogen-bond donors (Lipinski definition) is 1. The largest absolute Gasteiger partial charge is 0.371 e. The molecule has 2 atom stereocenters. The quantitative estimate of drug-likeness (QED) is 0.923. The Morgan fingerprint density at radius 3 is 3.00 bits per heavy atom. The minimum absolute atomic E-state index is 0.0758. The lowest BCUT2D eigenvalue weighted by Gasteiger charge is -2.20. The summed E-state index contributed by atoms with van der Waals surface area (Å²) in [5.74, 6) is -0.0760. The standard InChI is InChI=1S/C18H23N3O2/c1-3-10-19-18(22)14-9-12-23-17(14)16-8-11-20-21(16)15-7-5-4-6-13(15)2/h4-8,11,14,17H,3,9-10,12H2,1-2H3,(H,19,22)/t14-,17-/m0/s1. The molecule has 5 nitrogen and oxygen atoms in total. The van der Waals surface area contributed by atoms with Crippen molar-refractivity contribution in [3.8, 4) is 5.69 Å². The minimum Gasteiger partial charge on any atom is -0.371 e. The third-order valence-corrected chi connectivity index (χ3v) is 4.28. The Bertz CT molecular complexity index is 680. The average molecular weight is 313 g/mol. The highest BCUT2D eigenvalue weighted by molar-refractivity contribution is 5.79. The number of para-hydroxylation sites is 1. The molecule has 5 heteroatoms. The van der Waals surface area contributed by atoms with Gasteiger partial charge in [-0.15, -0.1) is 0 Å². The van der Waals surface area contributed by atoms with E-state index in [1.165, 1.54) is 0 Å². The Hall–Kier alpha value is -2.14. The fraction of sp³-hybridized carbons (Fsp3) is 0.444. The first-order valence-corrected chi connectivity index (χ1v) is 8.21. The maximum absolute atomic E-state index is 12.4. The van der Waals surface area contributed by atoms with Crippen molar-refractivity contribution in [2.24, 2.45) is 5.92 Å². The SMILES string of the molecule is CCCNC(=O)[C@H]1CCO[C@@H]1c1ccnn1-c1ccccc1C. The number of aryl methyl sites for hydroxylation is 1. The van der Waals surface area contributed by atoms with Crippen LogP contribution in [0.3, 0.4) is 0 Å². The zero-order valence-corrected chi connectivity index (χ0v) is 13.7. The fourth-order valence-electron chi connectivity index (χ4n) is 3.06. The lowest BCUT2D eigenvalue weighted by Crippen LogP contribution is -2.33. The maximum atomic E-state index is 12.4. The van der Waals surface area contributed by atoms with Crippen molar-refractivity contribution >= 4 is 5.91 Å². The predicted molar refractivity (Wildman–Crippen MR) is 88.4 cm³/mol. The van der Waals surface area contributed by atoms with Crippen LogP contribution in [-0.4, -0.2) is 28.8 Å². The number of nitrogens with zero attached hydrogens (tertiary/aromatic N) is 2. The van der Waals surface area contributed by atoms with Gasteiger partial charge in [0.05, 0.1) is 17.3 Å². The van der Waals surface area contributed by atoms with Gasteiger partial charge in [0, 0.05) is 19.3 Å². The Kier molecular flexibility index (Phi) is 4.76. The van der Waals surface area contributed by atoms with Crippen molar-refractivity contribution in [2.75, 3.05) is 13.2 Å². The Labute approximate surface area is 136 Å². The van der Waals surface area contributed by atoms with Crippen LogP contribution in [0.2, 0.25) is 0 Å². The zero-order valence-electron chi connectivity index (χ0n) is 13.7. The number of benzene rings is 1. The topological polar surface area (TPSA) is 56.1 Å². The molecule has 1 N–H and O–H groups in total. The number of aromatic nitrogens is 2. The molecule has 1 aromatic heterocycles. The maximum Gasteiger partial charge on any atom is 0.226 e. The molecule has 1 fully saturated rings. The molecule has 0 aliphatic carbocycles. The number of carbonyl (C=O) groups is 1. The van der Waals surface area contributed by atoms with Crippen LogP contribution in [-0.2, 0) is 9.53 Å². The summed E-state index contributed by atoms with van der Waals surface area (Å²) in [6.07, 6.45) is 3.21. The molecule has 1 aliphatic heterocycles. The van der Waals surface area contributed by atoms with Gasteiger partial charge in [-0.05, 0) is 37.5 Å². The molecule has 1 saturated heterocycles. The van der Waals surface area contributed by atoms with E-state index in [2.05, 4.69) is 30.3 Å². The molecule has 0 saturated carbocycles. The molecule has 122 valence electrons. The summed E-state index contributed by atoms with van der Waals surface area (Å²) in [5, 5.41) is 7.44. The first-order chi connectivity index (χ1) is 11.2. The highest BCUT2D eigenvalue weighted by Gasteiger charge is 2.37. The van der Waals surface area contributed by atoms with Crippen molar-refractivity contribution in [3.63, 3.8) is 0 Å². The van der Waals surface area contributed by atoms with E-state index in [1.807, 2.05) is 28.9 Å². The molecule has 1 amide bonds. The molecule has 2 heterocycles. The van der Waals surface area contributed by atoms with E-state index in [0.29, 0.717) is 13.2 Å². The Balaban J connectivity index is 1.89. The Morgan fingerprint density at radius 1 is 1.39 bits per heavy atom. The van der Waals surface area contributed by atoms with Gasteiger partial charge in [-0.1, -0.05) is 25.1 Å². The summed E-state index contributed by atoms with van der Waals surface area (Å²) in [4.78, 5) is 12.4. The second kappa shape index (κ2) is 6.96. The zero-order chi connectivity index (χ0) is 16.2. The number of hydrogen-bond acceptors (Lipinski definition) is 3. The molecule has 0 spiro atoms. The Morgan fingerprint density at radius 2 is 2.22 bits per heavy atom. The summed E-state index contributed by atoms with van der Waals surface area (Å²) in [5.41, 5.74) is 3.10. The van der Waals surface area contributed by atoms with Gasteiger partial charge in [0.25, 0.3) is 0 Å². The first kappa shape index (κ1) is 15.7. The molecule has 0 unspecified atom stereocenters. The van der Waals surface area contributed by atoms with E-state index >= 15 is 0 Å². The van der Waals surface area contributed by atoms with Crippen LogP contribution < -0.4 is 5.32 Å². The number of ether oxygens (including phenoxy) is 1. The fourth-order valence-corrected chi connectivity index (χ4v) is 3.06. The van der Waals surface area contributed by atoms with E-state index in [4.69, 9.17) is 4.74 Å². The average Bonchev–Trinajstić information content (AvgIpc) is 3.21. The number of carbonyl (C=O) groups excluding carboxylic acids is 1. The van der Waals surface area contributed by atoms with Crippen molar-refractivity contribution < 1.29 is 9.53 Å². The van der Waals surface area contributed by atoms with Crippen molar-refractivity contribution in [1.82, 2.24) is 15.1 Å². The van der Waals surface area contributed by atoms with Gasteiger partial charge in [0.2, 0.25) is 5.91 Å². The molecule has 0 radical (unpaired) electrons. The summed E-state index contributed by atoms with van der Waals surface area (Å²) < 4.78 is 7.79. The van der Waals surface area contributed by atoms with Crippen LogP contribution in [0.4, 0.5) is 0 Å².